The van der Waals surface area contributed by atoms with E-state index in [0.717, 1.165) is 6.26 Å². The predicted octanol–water partition coefficient (Wildman–Crippen LogP) is 5.38. The van der Waals surface area contributed by atoms with Crippen LogP contribution in [-0.2, 0) is 26.2 Å². The molecular formula is C25H32Cl3N3O4S. The quantitative estimate of drug-likeness (QED) is 0.367. The summed E-state index contributed by atoms with van der Waals surface area (Å²) >= 11 is 18.4. The zero-order valence-electron chi connectivity index (χ0n) is 20.8. The van der Waals surface area contributed by atoms with Gasteiger partial charge in [0.25, 0.3) is 0 Å². The van der Waals surface area contributed by atoms with E-state index in [1.807, 2.05) is 13.8 Å². The first-order chi connectivity index (χ1) is 16.8. The Morgan fingerprint density at radius 2 is 1.67 bits per heavy atom. The number of amides is 2. The van der Waals surface area contributed by atoms with Crippen LogP contribution in [0.3, 0.4) is 0 Å². The molecule has 0 saturated heterocycles. The Morgan fingerprint density at radius 3 is 2.25 bits per heavy atom. The fraction of sp³-hybridized carbons (Fsp3) is 0.440. The van der Waals surface area contributed by atoms with Gasteiger partial charge >= 0.3 is 0 Å². The van der Waals surface area contributed by atoms with E-state index in [2.05, 4.69) is 5.32 Å². The second-order valence-electron chi connectivity index (χ2n) is 8.99. The highest BCUT2D eigenvalue weighted by Crippen LogP contribution is 2.25. The van der Waals surface area contributed by atoms with Crippen LogP contribution < -0.4 is 9.62 Å². The fourth-order valence-corrected chi connectivity index (χ4v) is 5.11. The van der Waals surface area contributed by atoms with Gasteiger partial charge < -0.3 is 10.2 Å². The van der Waals surface area contributed by atoms with Crippen LogP contribution in [0.1, 0.15) is 39.2 Å². The summed E-state index contributed by atoms with van der Waals surface area (Å²) in [6.07, 6.45) is 1.37. The van der Waals surface area contributed by atoms with Gasteiger partial charge in [-0.1, -0.05) is 60.8 Å². The van der Waals surface area contributed by atoms with Crippen molar-refractivity contribution in [2.45, 2.75) is 46.2 Å². The molecule has 2 aromatic rings. The van der Waals surface area contributed by atoms with Gasteiger partial charge in [-0.15, -0.1) is 0 Å². The number of benzene rings is 2. The van der Waals surface area contributed by atoms with E-state index >= 15 is 0 Å². The van der Waals surface area contributed by atoms with Gasteiger partial charge in [0.1, 0.15) is 6.04 Å². The number of rotatable bonds is 12. The molecule has 2 rings (SSSR count). The highest BCUT2D eigenvalue weighted by atomic mass is 35.5. The van der Waals surface area contributed by atoms with Crippen molar-refractivity contribution in [2.24, 2.45) is 5.92 Å². The van der Waals surface area contributed by atoms with Crippen molar-refractivity contribution in [1.82, 2.24) is 10.2 Å². The lowest BCUT2D eigenvalue weighted by Crippen LogP contribution is -2.48. The molecule has 0 radical (unpaired) electrons. The molecule has 0 aliphatic heterocycles. The van der Waals surface area contributed by atoms with Crippen molar-refractivity contribution in [1.29, 1.82) is 0 Å². The molecule has 0 spiro atoms. The summed E-state index contributed by atoms with van der Waals surface area (Å²) in [4.78, 5) is 27.6. The number of hydrogen-bond acceptors (Lipinski definition) is 4. The molecule has 198 valence electrons. The molecule has 1 atom stereocenters. The third kappa shape index (κ3) is 9.14. The van der Waals surface area contributed by atoms with Gasteiger partial charge in [0, 0.05) is 41.1 Å². The number of sulfonamides is 1. The Labute approximate surface area is 228 Å². The van der Waals surface area contributed by atoms with Crippen LogP contribution in [0, 0.1) is 5.92 Å². The zero-order chi connectivity index (χ0) is 27.0. The SMILES string of the molecule is CC(C)CNC(=O)[C@H](C)N(Cc1ccc(Cl)cc1Cl)C(=O)CCCN(c1cccc(Cl)c1)S(C)(=O)=O. The first-order valence-corrected chi connectivity index (χ1v) is 14.5. The smallest absolute Gasteiger partial charge is 0.242 e. The lowest BCUT2D eigenvalue weighted by Gasteiger charge is -2.30. The summed E-state index contributed by atoms with van der Waals surface area (Å²) in [6, 6.07) is 10.7. The maximum absolute atomic E-state index is 13.3. The van der Waals surface area contributed by atoms with Crippen LogP contribution in [-0.4, -0.2) is 50.5 Å². The predicted molar refractivity (Wildman–Crippen MR) is 147 cm³/mol. The molecule has 0 aliphatic rings. The molecule has 0 bridgehead atoms. The summed E-state index contributed by atoms with van der Waals surface area (Å²) < 4.78 is 26.0. The summed E-state index contributed by atoms with van der Waals surface area (Å²) in [7, 11) is -3.60. The van der Waals surface area contributed by atoms with Crippen LogP contribution in [0.25, 0.3) is 0 Å². The number of anilines is 1. The van der Waals surface area contributed by atoms with Gasteiger partial charge in [-0.05, 0) is 55.2 Å². The first-order valence-electron chi connectivity index (χ1n) is 11.5. The van der Waals surface area contributed by atoms with Crippen LogP contribution in [0.5, 0.6) is 0 Å². The second kappa shape index (κ2) is 13.5. The van der Waals surface area contributed by atoms with Crippen molar-refractivity contribution < 1.29 is 18.0 Å². The molecule has 1 N–H and O–H groups in total. The molecule has 0 aliphatic carbocycles. The molecule has 36 heavy (non-hydrogen) atoms. The van der Waals surface area contributed by atoms with Crippen LogP contribution in [0.15, 0.2) is 42.5 Å². The number of nitrogens with one attached hydrogen (secondary N) is 1. The summed E-state index contributed by atoms with van der Waals surface area (Å²) in [5.41, 5.74) is 1.07. The molecular weight excluding hydrogens is 545 g/mol. The van der Waals surface area contributed by atoms with E-state index in [4.69, 9.17) is 34.8 Å². The minimum atomic E-state index is -3.60. The second-order valence-corrected chi connectivity index (χ2v) is 12.2. The van der Waals surface area contributed by atoms with E-state index in [9.17, 15) is 18.0 Å². The highest BCUT2D eigenvalue weighted by molar-refractivity contribution is 7.92. The van der Waals surface area contributed by atoms with Crippen molar-refractivity contribution in [3.63, 3.8) is 0 Å². The third-order valence-electron chi connectivity index (χ3n) is 5.46. The molecule has 2 amide bonds. The average molecular weight is 577 g/mol. The average Bonchev–Trinajstić information content (AvgIpc) is 2.78. The summed E-state index contributed by atoms with van der Waals surface area (Å²) in [5.74, 6) is -0.323. The number of hydrogen-bond donors (Lipinski definition) is 1. The number of carbonyl (C=O) groups is 2. The lowest BCUT2D eigenvalue weighted by atomic mass is 10.1. The minimum absolute atomic E-state index is 0.0274. The third-order valence-corrected chi connectivity index (χ3v) is 7.47. The van der Waals surface area contributed by atoms with Crippen molar-refractivity contribution in [3.8, 4) is 0 Å². The monoisotopic (exact) mass is 575 g/mol. The Balaban J connectivity index is 2.20. The van der Waals surface area contributed by atoms with E-state index in [-0.39, 0.29) is 43.7 Å². The van der Waals surface area contributed by atoms with Gasteiger partial charge in [-0.25, -0.2) is 8.42 Å². The number of halogens is 3. The Morgan fingerprint density at radius 1 is 1.00 bits per heavy atom. The molecule has 0 saturated carbocycles. The first kappa shape index (κ1) is 30.2. The van der Waals surface area contributed by atoms with E-state index in [1.54, 1.807) is 49.4 Å². The topological polar surface area (TPSA) is 86.8 Å². The molecule has 0 heterocycles. The minimum Gasteiger partial charge on any atom is -0.354 e. The molecule has 11 heteroatoms. The maximum atomic E-state index is 13.3. The normalized spacial score (nSPS) is 12.3. The maximum Gasteiger partial charge on any atom is 0.242 e. The van der Waals surface area contributed by atoms with Gasteiger partial charge in [0.2, 0.25) is 21.8 Å². The van der Waals surface area contributed by atoms with Crippen LogP contribution >= 0.6 is 34.8 Å². The van der Waals surface area contributed by atoms with Crippen molar-refractivity contribution in [3.05, 3.63) is 63.1 Å². The van der Waals surface area contributed by atoms with Gasteiger partial charge in [0.15, 0.2) is 0 Å². The molecule has 7 nitrogen and oxygen atoms in total. The molecule has 2 aromatic carbocycles. The highest BCUT2D eigenvalue weighted by Gasteiger charge is 2.27. The largest absolute Gasteiger partial charge is 0.354 e. The number of carbonyl (C=O) groups excluding carboxylic acids is 2. The van der Waals surface area contributed by atoms with Gasteiger partial charge in [-0.3, -0.25) is 13.9 Å². The standard InChI is InChI=1S/C25H32Cl3N3O4S/c1-17(2)15-29-25(33)18(3)30(16-19-10-11-21(27)14-23(19)28)24(32)9-6-12-31(36(4,34)35)22-8-5-7-20(26)13-22/h5,7-8,10-11,13-14,17-18H,6,9,12,15-16H2,1-4H3,(H,29,33)/t18-/m0/s1. The van der Waals surface area contributed by atoms with E-state index in [1.165, 1.54) is 9.21 Å². The lowest BCUT2D eigenvalue weighted by molar-refractivity contribution is -0.140. The Hall–Kier alpha value is -2.00. The van der Waals surface area contributed by atoms with Gasteiger partial charge in [-0.2, -0.15) is 0 Å². The summed E-state index contributed by atoms with van der Waals surface area (Å²) in [6.45, 7) is 6.29. The van der Waals surface area contributed by atoms with Crippen LogP contribution in [0.2, 0.25) is 15.1 Å². The molecule has 0 aromatic heterocycles. The van der Waals surface area contributed by atoms with Crippen LogP contribution in [0.4, 0.5) is 5.69 Å². The molecule has 0 fully saturated rings. The number of nitrogens with zero attached hydrogens (tertiary/aromatic N) is 2. The fourth-order valence-electron chi connectivity index (χ4n) is 3.50. The molecule has 0 unspecified atom stereocenters. The van der Waals surface area contributed by atoms with E-state index < -0.39 is 16.1 Å². The summed E-state index contributed by atoms with van der Waals surface area (Å²) in [5, 5.41) is 4.12. The Kier molecular flexibility index (Phi) is 11.3. The van der Waals surface area contributed by atoms with Crippen molar-refractivity contribution >= 4 is 62.3 Å². The van der Waals surface area contributed by atoms with E-state index in [0.29, 0.717) is 32.9 Å². The van der Waals surface area contributed by atoms with Gasteiger partial charge in [0.05, 0.1) is 11.9 Å². The van der Waals surface area contributed by atoms with Crippen molar-refractivity contribution in [2.75, 3.05) is 23.7 Å². The Bertz CT molecular complexity index is 1170. The zero-order valence-corrected chi connectivity index (χ0v) is 23.9.